The average molecular weight is 374 g/mol. The van der Waals surface area contributed by atoms with Crippen molar-refractivity contribution in [3.05, 3.63) is 35.9 Å². The molecule has 1 saturated heterocycles. The molecule has 2 fully saturated rings. The van der Waals surface area contributed by atoms with E-state index in [0.717, 1.165) is 31.4 Å². The molecular weight excluding hydrogens is 344 g/mol. The number of hydrogen-bond donors (Lipinski definition) is 1. The highest BCUT2D eigenvalue weighted by molar-refractivity contribution is 5.68. The van der Waals surface area contributed by atoms with Crippen LogP contribution in [0, 0.1) is 11.8 Å². The zero-order chi connectivity index (χ0) is 19.4. The highest BCUT2D eigenvalue weighted by Crippen LogP contribution is 2.38. The Labute approximate surface area is 161 Å². The molecule has 0 radical (unpaired) electrons. The molecule has 1 aliphatic heterocycles. The number of carbonyl (C=O) groups excluding carboxylic acids is 2. The van der Waals surface area contributed by atoms with Gasteiger partial charge < -0.3 is 19.7 Å². The van der Waals surface area contributed by atoms with Gasteiger partial charge in [0.05, 0.1) is 0 Å². The van der Waals surface area contributed by atoms with E-state index >= 15 is 0 Å². The van der Waals surface area contributed by atoms with Gasteiger partial charge in [-0.25, -0.2) is 9.59 Å². The van der Waals surface area contributed by atoms with Gasteiger partial charge in [0.1, 0.15) is 12.2 Å². The van der Waals surface area contributed by atoms with Gasteiger partial charge in [0.25, 0.3) is 0 Å². The van der Waals surface area contributed by atoms with Crippen LogP contribution in [0.5, 0.6) is 0 Å². The maximum Gasteiger partial charge on any atom is 0.410 e. The van der Waals surface area contributed by atoms with Crippen LogP contribution >= 0.6 is 0 Å². The first-order chi connectivity index (χ1) is 12.8. The Bertz CT molecular complexity index is 656. The van der Waals surface area contributed by atoms with Crippen LogP contribution in [0.4, 0.5) is 9.59 Å². The van der Waals surface area contributed by atoms with Gasteiger partial charge in [0.2, 0.25) is 0 Å². The molecule has 1 aromatic carbocycles. The van der Waals surface area contributed by atoms with Gasteiger partial charge >= 0.3 is 12.2 Å². The van der Waals surface area contributed by atoms with Crippen LogP contribution in [0.3, 0.4) is 0 Å². The molecule has 2 aliphatic rings. The Morgan fingerprint density at radius 1 is 1.15 bits per heavy atom. The molecule has 0 spiro atoms. The number of nitrogens with zero attached hydrogens (tertiary/aromatic N) is 1. The number of likely N-dealkylation sites (tertiary alicyclic amines) is 1. The van der Waals surface area contributed by atoms with Crippen molar-refractivity contribution in [1.82, 2.24) is 10.2 Å². The second-order valence-corrected chi connectivity index (χ2v) is 8.61. The van der Waals surface area contributed by atoms with Crippen molar-refractivity contribution in [3.8, 4) is 0 Å². The van der Waals surface area contributed by atoms with Crippen molar-refractivity contribution < 1.29 is 19.1 Å². The Morgan fingerprint density at radius 2 is 1.85 bits per heavy atom. The lowest BCUT2D eigenvalue weighted by atomic mass is 9.89. The van der Waals surface area contributed by atoms with Crippen LogP contribution in [-0.2, 0) is 16.1 Å². The molecule has 1 N–H and O–H groups in total. The fourth-order valence-electron chi connectivity index (χ4n) is 4.03. The molecule has 0 aromatic heterocycles. The van der Waals surface area contributed by atoms with Gasteiger partial charge in [-0.2, -0.15) is 0 Å². The highest BCUT2D eigenvalue weighted by atomic mass is 16.6. The van der Waals surface area contributed by atoms with Crippen molar-refractivity contribution in [2.24, 2.45) is 11.8 Å². The zero-order valence-electron chi connectivity index (χ0n) is 16.4. The van der Waals surface area contributed by atoms with E-state index in [9.17, 15) is 9.59 Å². The van der Waals surface area contributed by atoms with Crippen LogP contribution in [0.25, 0.3) is 0 Å². The lowest BCUT2D eigenvalue weighted by Crippen LogP contribution is -2.44. The second kappa shape index (κ2) is 8.19. The predicted octanol–water partition coefficient (Wildman–Crippen LogP) is 3.95. The summed E-state index contributed by atoms with van der Waals surface area (Å²) in [6.07, 6.45) is 2.19. The van der Waals surface area contributed by atoms with Gasteiger partial charge in [-0.1, -0.05) is 30.3 Å². The molecule has 1 aliphatic carbocycles. The minimum atomic E-state index is -0.476. The number of piperidine rings is 1. The number of hydrogen-bond acceptors (Lipinski definition) is 4. The third-order valence-electron chi connectivity index (χ3n) is 5.25. The summed E-state index contributed by atoms with van der Waals surface area (Å²) in [5.74, 6) is 0.953. The molecule has 0 unspecified atom stereocenters. The van der Waals surface area contributed by atoms with Crippen molar-refractivity contribution in [2.45, 2.75) is 58.3 Å². The third kappa shape index (κ3) is 5.62. The molecule has 0 bridgehead atoms. The fourth-order valence-corrected chi connectivity index (χ4v) is 4.03. The fraction of sp³-hybridized carbons (Fsp3) is 0.619. The number of alkyl carbamates (subject to hydrolysis) is 1. The first kappa shape index (κ1) is 19.5. The second-order valence-electron chi connectivity index (χ2n) is 8.61. The summed E-state index contributed by atoms with van der Waals surface area (Å²) in [5, 5.41) is 2.99. The van der Waals surface area contributed by atoms with Gasteiger partial charge in [0, 0.05) is 19.1 Å². The quantitative estimate of drug-likeness (QED) is 0.870. The average Bonchev–Trinajstić information content (AvgIpc) is 3.00. The summed E-state index contributed by atoms with van der Waals surface area (Å²) >= 11 is 0. The number of carbonyl (C=O) groups is 2. The van der Waals surface area contributed by atoms with E-state index in [2.05, 4.69) is 5.32 Å². The van der Waals surface area contributed by atoms with E-state index in [0.29, 0.717) is 18.4 Å². The van der Waals surface area contributed by atoms with E-state index in [4.69, 9.17) is 9.47 Å². The Morgan fingerprint density at radius 3 is 2.56 bits per heavy atom. The Hall–Kier alpha value is -2.24. The monoisotopic (exact) mass is 374 g/mol. The molecular formula is C21H30N2O4. The van der Waals surface area contributed by atoms with Crippen molar-refractivity contribution in [2.75, 3.05) is 13.1 Å². The minimum absolute atomic E-state index is 0.113. The standard InChI is InChI=1S/C21H30N2O4/c1-21(2,3)27-20(25)23-10-9-16-11-18(12-17(16)13-23)22-19(24)26-14-15-7-5-4-6-8-15/h4-8,16-18H,9-14H2,1-3H3,(H,22,24)/t16-,17-,18+/m0/s1. The normalized spacial score (nSPS) is 24.9. The summed E-state index contributed by atoms with van der Waals surface area (Å²) in [6.45, 7) is 7.35. The largest absolute Gasteiger partial charge is 0.445 e. The minimum Gasteiger partial charge on any atom is -0.445 e. The Balaban J connectivity index is 1.44. The number of fused-ring (bicyclic) bond motifs is 1. The number of rotatable bonds is 3. The van der Waals surface area contributed by atoms with Crippen molar-refractivity contribution >= 4 is 12.2 Å². The number of benzene rings is 1. The van der Waals surface area contributed by atoms with E-state index in [1.165, 1.54) is 0 Å². The van der Waals surface area contributed by atoms with E-state index in [1.807, 2.05) is 56.0 Å². The number of ether oxygens (including phenoxy) is 2. The van der Waals surface area contributed by atoms with E-state index < -0.39 is 5.60 Å². The van der Waals surface area contributed by atoms with Gasteiger partial charge in [-0.05, 0) is 57.4 Å². The summed E-state index contributed by atoms with van der Waals surface area (Å²) in [7, 11) is 0. The van der Waals surface area contributed by atoms with Crippen molar-refractivity contribution in [3.63, 3.8) is 0 Å². The van der Waals surface area contributed by atoms with Gasteiger partial charge in [-0.3, -0.25) is 0 Å². The van der Waals surface area contributed by atoms with Gasteiger partial charge in [-0.15, -0.1) is 0 Å². The lowest BCUT2D eigenvalue weighted by molar-refractivity contribution is 0.0127. The molecule has 1 aromatic rings. The van der Waals surface area contributed by atoms with Crippen LogP contribution < -0.4 is 5.32 Å². The Kier molecular flexibility index (Phi) is 5.92. The van der Waals surface area contributed by atoms with Crippen LogP contribution in [0.15, 0.2) is 30.3 Å². The SMILES string of the molecule is CC(C)(C)OC(=O)N1CC[C@H]2C[C@@H](NC(=O)OCc3ccccc3)C[C@H]2C1. The third-order valence-corrected chi connectivity index (χ3v) is 5.25. The molecule has 27 heavy (non-hydrogen) atoms. The molecule has 3 rings (SSSR count). The van der Waals surface area contributed by atoms with E-state index in [-0.39, 0.29) is 24.8 Å². The number of nitrogens with one attached hydrogen (secondary N) is 1. The molecule has 2 amide bonds. The summed E-state index contributed by atoms with van der Waals surface area (Å²) in [5.41, 5.74) is 0.497. The molecule has 6 heteroatoms. The molecule has 148 valence electrons. The maximum atomic E-state index is 12.3. The van der Waals surface area contributed by atoms with Crippen LogP contribution in [0.2, 0.25) is 0 Å². The smallest absolute Gasteiger partial charge is 0.410 e. The predicted molar refractivity (Wildman–Crippen MR) is 102 cm³/mol. The molecule has 3 atom stereocenters. The van der Waals surface area contributed by atoms with Gasteiger partial charge in [0.15, 0.2) is 0 Å². The maximum absolute atomic E-state index is 12.3. The molecule has 6 nitrogen and oxygen atoms in total. The van der Waals surface area contributed by atoms with Crippen LogP contribution in [-0.4, -0.2) is 41.8 Å². The summed E-state index contributed by atoms with van der Waals surface area (Å²) in [4.78, 5) is 26.2. The first-order valence-electron chi connectivity index (χ1n) is 9.75. The molecule has 1 saturated carbocycles. The topological polar surface area (TPSA) is 67.9 Å². The molecule has 1 heterocycles. The first-order valence-corrected chi connectivity index (χ1v) is 9.75. The lowest BCUT2D eigenvalue weighted by Gasteiger charge is -2.35. The summed E-state index contributed by atoms with van der Waals surface area (Å²) < 4.78 is 10.8. The van der Waals surface area contributed by atoms with Crippen LogP contribution in [0.1, 0.15) is 45.6 Å². The number of amides is 2. The van der Waals surface area contributed by atoms with Crippen molar-refractivity contribution in [1.29, 1.82) is 0 Å². The zero-order valence-corrected chi connectivity index (χ0v) is 16.4. The van der Waals surface area contributed by atoms with E-state index in [1.54, 1.807) is 0 Å². The summed E-state index contributed by atoms with van der Waals surface area (Å²) in [6, 6.07) is 9.76. The highest BCUT2D eigenvalue weighted by Gasteiger charge is 2.40.